The maximum Gasteiger partial charge on any atom is 0.257 e. The van der Waals surface area contributed by atoms with Crippen LogP contribution in [0.2, 0.25) is 5.02 Å². The van der Waals surface area contributed by atoms with Crippen molar-refractivity contribution in [2.75, 3.05) is 19.8 Å². The SMILES string of the molecule is CCN(Cc1cccc2c1OCCO2)C(=O)c1cnn(-c2cccc(Cl)c2)c1. The number of ether oxygens (including phenoxy) is 2. The summed E-state index contributed by atoms with van der Waals surface area (Å²) in [7, 11) is 0. The molecule has 1 amide bonds. The lowest BCUT2D eigenvalue weighted by molar-refractivity contribution is 0.0749. The monoisotopic (exact) mass is 397 g/mol. The molecule has 1 aromatic heterocycles. The fourth-order valence-corrected chi connectivity index (χ4v) is 3.35. The normalized spacial score (nSPS) is 12.6. The van der Waals surface area contributed by atoms with Crippen LogP contribution in [0.25, 0.3) is 5.69 Å². The zero-order valence-corrected chi connectivity index (χ0v) is 16.2. The quantitative estimate of drug-likeness (QED) is 0.654. The molecule has 1 aliphatic heterocycles. The van der Waals surface area contributed by atoms with Gasteiger partial charge in [-0.2, -0.15) is 5.10 Å². The summed E-state index contributed by atoms with van der Waals surface area (Å²) >= 11 is 6.05. The average Bonchev–Trinajstić information content (AvgIpc) is 3.22. The third kappa shape index (κ3) is 3.68. The van der Waals surface area contributed by atoms with Gasteiger partial charge in [0.2, 0.25) is 0 Å². The van der Waals surface area contributed by atoms with Crippen LogP contribution in [0.15, 0.2) is 54.9 Å². The fraction of sp³-hybridized carbons (Fsp3) is 0.238. The van der Waals surface area contributed by atoms with Gasteiger partial charge in [-0.05, 0) is 31.2 Å². The summed E-state index contributed by atoms with van der Waals surface area (Å²) in [4.78, 5) is 14.8. The first-order valence-electron chi connectivity index (χ1n) is 9.13. The molecule has 2 heterocycles. The van der Waals surface area contributed by atoms with E-state index < -0.39 is 0 Å². The number of carbonyl (C=O) groups excluding carboxylic acids is 1. The van der Waals surface area contributed by atoms with Crippen molar-refractivity contribution in [3.8, 4) is 17.2 Å². The van der Waals surface area contributed by atoms with Crippen LogP contribution in [0.4, 0.5) is 0 Å². The van der Waals surface area contributed by atoms with E-state index in [1.54, 1.807) is 34.1 Å². The zero-order chi connectivity index (χ0) is 19.5. The molecule has 28 heavy (non-hydrogen) atoms. The molecule has 6 nitrogen and oxygen atoms in total. The Labute approximate surface area is 168 Å². The Hall–Kier alpha value is -2.99. The van der Waals surface area contributed by atoms with Crippen LogP contribution in [0.5, 0.6) is 11.5 Å². The third-order valence-electron chi connectivity index (χ3n) is 4.58. The second-order valence-corrected chi connectivity index (χ2v) is 6.85. The van der Waals surface area contributed by atoms with Crippen molar-refractivity contribution in [3.05, 3.63) is 71.0 Å². The molecule has 4 rings (SSSR count). The van der Waals surface area contributed by atoms with Gasteiger partial charge < -0.3 is 14.4 Å². The van der Waals surface area contributed by atoms with Crippen molar-refractivity contribution >= 4 is 17.5 Å². The summed E-state index contributed by atoms with van der Waals surface area (Å²) in [5, 5.41) is 4.93. The van der Waals surface area contributed by atoms with Crippen LogP contribution in [-0.2, 0) is 6.54 Å². The van der Waals surface area contributed by atoms with Gasteiger partial charge in [-0.15, -0.1) is 0 Å². The van der Waals surface area contributed by atoms with Crippen LogP contribution >= 0.6 is 11.6 Å². The van der Waals surface area contributed by atoms with E-state index in [0.29, 0.717) is 36.9 Å². The van der Waals surface area contributed by atoms with E-state index in [4.69, 9.17) is 21.1 Å². The molecular formula is C21H20ClN3O3. The molecule has 0 radical (unpaired) electrons. The Morgan fingerprint density at radius 1 is 1.21 bits per heavy atom. The minimum absolute atomic E-state index is 0.0925. The molecule has 0 saturated heterocycles. The minimum Gasteiger partial charge on any atom is -0.486 e. The number of benzene rings is 2. The van der Waals surface area contributed by atoms with Crippen molar-refractivity contribution in [2.24, 2.45) is 0 Å². The van der Waals surface area contributed by atoms with Crippen molar-refractivity contribution in [3.63, 3.8) is 0 Å². The van der Waals surface area contributed by atoms with E-state index in [1.807, 2.05) is 37.3 Å². The van der Waals surface area contributed by atoms with E-state index in [0.717, 1.165) is 22.7 Å². The molecule has 0 saturated carbocycles. The Balaban J connectivity index is 1.55. The first kappa shape index (κ1) is 18.4. The van der Waals surface area contributed by atoms with E-state index in [2.05, 4.69) is 5.10 Å². The number of aromatic nitrogens is 2. The molecule has 0 N–H and O–H groups in total. The summed E-state index contributed by atoms with van der Waals surface area (Å²) in [6.45, 7) is 3.99. The molecule has 2 aromatic carbocycles. The maximum atomic E-state index is 13.0. The number of hydrogen-bond donors (Lipinski definition) is 0. The first-order chi connectivity index (χ1) is 13.7. The Bertz CT molecular complexity index is 1000. The van der Waals surface area contributed by atoms with Crippen molar-refractivity contribution in [2.45, 2.75) is 13.5 Å². The predicted octanol–water partition coefficient (Wildman–Crippen LogP) is 3.96. The molecule has 0 bridgehead atoms. The second kappa shape index (κ2) is 7.94. The number of halogens is 1. The van der Waals surface area contributed by atoms with Gasteiger partial charge in [-0.1, -0.05) is 29.8 Å². The molecule has 0 unspecified atom stereocenters. The Kier molecular flexibility index (Phi) is 5.21. The van der Waals surface area contributed by atoms with Crippen LogP contribution in [0.1, 0.15) is 22.8 Å². The zero-order valence-electron chi connectivity index (χ0n) is 15.5. The predicted molar refractivity (Wildman–Crippen MR) is 106 cm³/mol. The molecule has 0 aliphatic carbocycles. The largest absolute Gasteiger partial charge is 0.486 e. The van der Waals surface area contributed by atoms with Crippen LogP contribution in [-0.4, -0.2) is 40.3 Å². The molecule has 0 atom stereocenters. The lowest BCUT2D eigenvalue weighted by Crippen LogP contribution is -2.30. The summed E-state index contributed by atoms with van der Waals surface area (Å²) < 4.78 is 13.0. The first-order valence-corrected chi connectivity index (χ1v) is 9.51. The van der Waals surface area contributed by atoms with Gasteiger partial charge in [0.1, 0.15) is 13.2 Å². The van der Waals surface area contributed by atoms with Crippen molar-refractivity contribution < 1.29 is 14.3 Å². The minimum atomic E-state index is -0.0925. The molecule has 0 spiro atoms. The lowest BCUT2D eigenvalue weighted by Gasteiger charge is -2.25. The van der Waals surface area contributed by atoms with Gasteiger partial charge in [0, 0.05) is 29.9 Å². The highest BCUT2D eigenvalue weighted by Gasteiger charge is 2.21. The second-order valence-electron chi connectivity index (χ2n) is 6.41. The van der Waals surface area contributed by atoms with Gasteiger partial charge in [0.05, 0.1) is 17.4 Å². The molecular weight excluding hydrogens is 378 g/mol. The Morgan fingerprint density at radius 3 is 2.86 bits per heavy atom. The standard InChI is InChI=1S/C21H20ClN3O3/c1-2-24(13-15-5-3-8-19-20(15)28-10-9-27-19)21(26)16-12-23-25(14-16)18-7-4-6-17(22)11-18/h3-8,11-12,14H,2,9-10,13H2,1H3. The van der Waals surface area contributed by atoms with Gasteiger partial charge in [-0.25, -0.2) is 4.68 Å². The smallest absolute Gasteiger partial charge is 0.257 e. The average molecular weight is 398 g/mol. The van der Waals surface area contributed by atoms with E-state index in [9.17, 15) is 4.79 Å². The number of carbonyl (C=O) groups is 1. The van der Waals surface area contributed by atoms with Gasteiger partial charge in [0.25, 0.3) is 5.91 Å². The van der Waals surface area contributed by atoms with Gasteiger partial charge in [-0.3, -0.25) is 4.79 Å². The lowest BCUT2D eigenvalue weighted by atomic mass is 10.1. The maximum absolute atomic E-state index is 13.0. The summed E-state index contributed by atoms with van der Waals surface area (Å²) in [6.07, 6.45) is 3.29. The van der Waals surface area contributed by atoms with Crippen LogP contribution in [0.3, 0.4) is 0 Å². The number of rotatable bonds is 5. The molecule has 3 aromatic rings. The van der Waals surface area contributed by atoms with E-state index in [-0.39, 0.29) is 5.91 Å². The number of nitrogens with zero attached hydrogens (tertiary/aromatic N) is 3. The third-order valence-corrected chi connectivity index (χ3v) is 4.82. The number of para-hydroxylation sites is 1. The highest BCUT2D eigenvalue weighted by Crippen LogP contribution is 2.34. The molecule has 7 heteroatoms. The molecule has 0 fully saturated rings. The number of hydrogen-bond acceptors (Lipinski definition) is 4. The molecule has 144 valence electrons. The number of amides is 1. The Morgan fingerprint density at radius 2 is 2.04 bits per heavy atom. The topological polar surface area (TPSA) is 56.6 Å². The van der Waals surface area contributed by atoms with Crippen molar-refractivity contribution in [1.29, 1.82) is 0 Å². The van der Waals surface area contributed by atoms with Gasteiger partial charge >= 0.3 is 0 Å². The van der Waals surface area contributed by atoms with E-state index >= 15 is 0 Å². The van der Waals surface area contributed by atoms with Crippen LogP contribution in [0, 0.1) is 0 Å². The van der Waals surface area contributed by atoms with E-state index in [1.165, 1.54) is 0 Å². The van der Waals surface area contributed by atoms with Gasteiger partial charge in [0.15, 0.2) is 11.5 Å². The van der Waals surface area contributed by atoms with Crippen molar-refractivity contribution in [1.82, 2.24) is 14.7 Å². The number of fused-ring (bicyclic) bond motifs is 1. The summed E-state index contributed by atoms with van der Waals surface area (Å²) in [6, 6.07) is 13.1. The fourth-order valence-electron chi connectivity index (χ4n) is 3.17. The van der Waals surface area contributed by atoms with Crippen LogP contribution < -0.4 is 9.47 Å². The highest BCUT2D eigenvalue weighted by atomic mass is 35.5. The summed E-state index contributed by atoms with van der Waals surface area (Å²) in [5.74, 6) is 1.35. The molecule has 1 aliphatic rings. The summed E-state index contributed by atoms with van der Waals surface area (Å²) in [5.41, 5.74) is 2.25. The highest BCUT2D eigenvalue weighted by molar-refractivity contribution is 6.30.